The fraction of sp³-hybridized carbons (Fsp3) is 1.00. The fourth-order valence-corrected chi connectivity index (χ4v) is 3.67. The van der Waals surface area contributed by atoms with Gasteiger partial charge >= 0.3 is 0 Å². The lowest BCUT2D eigenvalue weighted by molar-refractivity contribution is 0.183. The van der Waals surface area contributed by atoms with Crippen LogP contribution in [-0.2, 0) is 0 Å². The van der Waals surface area contributed by atoms with E-state index in [-0.39, 0.29) is 0 Å². The lowest BCUT2D eigenvalue weighted by atomic mass is 9.74. The van der Waals surface area contributed by atoms with Gasteiger partial charge in [0.1, 0.15) is 0 Å². The summed E-state index contributed by atoms with van der Waals surface area (Å²) >= 11 is 0. The lowest BCUT2D eigenvalue weighted by Crippen LogP contribution is -2.23. The molecule has 1 aliphatic carbocycles. The molecule has 0 heterocycles. The molecule has 0 aliphatic heterocycles. The summed E-state index contributed by atoms with van der Waals surface area (Å²) in [6.07, 6.45) is 2.85. The van der Waals surface area contributed by atoms with Gasteiger partial charge in [-0.05, 0) is 53.8 Å². The molecule has 0 N–H and O–H groups in total. The van der Waals surface area contributed by atoms with E-state index in [0.717, 1.165) is 35.5 Å². The molecular formula is C17H34. The van der Waals surface area contributed by atoms with E-state index in [4.69, 9.17) is 0 Å². The topological polar surface area (TPSA) is 0 Å². The van der Waals surface area contributed by atoms with E-state index >= 15 is 0 Å². The average Bonchev–Trinajstić information content (AvgIpc) is 2.91. The molecule has 17 heavy (non-hydrogen) atoms. The Kier molecular flexibility index (Phi) is 4.72. The maximum Gasteiger partial charge on any atom is -0.0352 e. The van der Waals surface area contributed by atoms with Gasteiger partial charge in [-0.15, -0.1) is 0 Å². The van der Waals surface area contributed by atoms with Crippen LogP contribution in [0.2, 0.25) is 0 Å². The highest BCUT2D eigenvalue weighted by atomic mass is 14.5. The Morgan fingerprint density at radius 1 is 0.941 bits per heavy atom. The second kappa shape index (κ2) is 5.33. The minimum Gasteiger partial charge on any atom is -0.0625 e. The molecule has 0 heteroatoms. The van der Waals surface area contributed by atoms with Gasteiger partial charge in [-0.2, -0.15) is 0 Å². The van der Waals surface area contributed by atoms with Gasteiger partial charge in [-0.25, -0.2) is 0 Å². The molecule has 1 rings (SSSR count). The molecule has 1 saturated carbocycles. The summed E-state index contributed by atoms with van der Waals surface area (Å²) in [5, 5.41) is 0. The Labute approximate surface area is 110 Å². The summed E-state index contributed by atoms with van der Waals surface area (Å²) in [7, 11) is 0. The molecular weight excluding hydrogens is 204 g/mol. The second-order valence-corrected chi connectivity index (χ2v) is 8.27. The van der Waals surface area contributed by atoms with Crippen molar-refractivity contribution in [1.29, 1.82) is 0 Å². The highest BCUT2D eigenvalue weighted by Crippen LogP contribution is 2.52. The molecule has 0 saturated heterocycles. The number of rotatable bonds is 5. The monoisotopic (exact) mass is 238 g/mol. The van der Waals surface area contributed by atoms with Crippen molar-refractivity contribution in [2.45, 2.75) is 68.2 Å². The van der Waals surface area contributed by atoms with Crippen molar-refractivity contribution in [2.75, 3.05) is 0 Å². The Balaban J connectivity index is 2.45. The third-order valence-corrected chi connectivity index (χ3v) is 5.08. The van der Waals surface area contributed by atoms with Gasteiger partial charge in [0, 0.05) is 0 Å². The van der Waals surface area contributed by atoms with Crippen molar-refractivity contribution in [3.8, 4) is 0 Å². The molecule has 1 aliphatic rings. The van der Waals surface area contributed by atoms with Gasteiger partial charge in [-0.3, -0.25) is 0 Å². The summed E-state index contributed by atoms with van der Waals surface area (Å²) in [5.41, 5.74) is 0.481. The second-order valence-electron chi connectivity index (χ2n) is 8.27. The zero-order chi connectivity index (χ0) is 13.4. The van der Waals surface area contributed by atoms with E-state index in [9.17, 15) is 0 Å². The first-order valence-corrected chi connectivity index (χ1v) is 7.63. The lowest BCUT2D eigenvalue weighted by Gasteiger charge is -2.31. The van der Waals surface area contributed by atoms with Crippen molar-refractivity contribution < 1.29 is 0 Å². The van der Waals surface area contributed by atoms with E-state index in [2.05, 4.69) is 55.4 Å². The predicted octanol–water partition coefficient (Wildman–Crippen LogP) is 5.62. The third kappa shape index (κ3) is 4.30. The van der Waals surface area contributed by atoms with Crippen molar-refractivity contribution in [2.24, 2.45) is 40.9 Å². The Morgan fingerprint density at radius 2 is 1.47 bits per heavy atom. The maximum absolute atomic E-state index is 2.50. The van der Waals surface area contributed by atoms with Crippen LogP contribution in [0.15, 0.2) is 0 Å². The number of hydrogen-bond acceptors (Lipinski definition) is 0. The molecule has 1 fully saturated rings. The largest absolute Gasteiger partial charge is 0.0625 e. The van der Waals surface area contributed by atoms with Crippen LogP contribution in [0.25, 0.3) is 0 Å². The van der Waals surface area contributed by atoms with Crippen molar-refractivity contribution >= 4 is 0 Å². The molecule has 0 radical (unpaired) electrons. The summed E-state index contributed by atoms with van der Waals surface area (Å²) in [5.74, 6) is 5.59. The van der Waals surface area contributed by atoms with Gasteiger partial charge in [0.25, 0.3) is 0 Å². The molecule has 5 unspecified atom stereocenters. The van der Waals surface area contributed by atoms with E-state index in [1.165, 1.54) is 12.8 Å². The zero-order valence-electron chi connectivity index (χ0n) is 13.4. The average molecular weight is 238 g/mol. The summed E-state index contributed by atoms with van der Waals surface area (Å²) in [6, 6.07) is 0. The molecule has 0 amide bonds. The Hall–Kier alpha value is 0. The van der Waals surface area contributed by atoms with E-state index in [1.807, 2.05) is 0 Å². The van der Waals surface area contributed by atoms with Crippen LogP contribution in [0.1, 0.15) is 68.2 Å². The van der Waals surface area contributed by atoms with Gasteiger partial charge in [0.15, 0.2) is 0 Å². The van der Waals surface area contributed by atoms with E-state index < -0.39 is 0 Å². The SMILES string of the molecule is CC(C)C1CC1C(C)C(C)C(C)CC(C)(C)C. The molecule has 5 atom stereocenters. The van der Waals surface area contributed by atoms with Crippen molar-refractivity contribution in [3.63, 3.8) is 0 Å². The Morgan fingerprint density at radius 3 is 1.82 bits per heavy atom. The van der Waals surface area contributed by atoms with Crippen LogP contribution >= 0.6 is 0 Å². The molecule has 0 aromatic rings. The smallest absolute Gasteiger partial charge is 0.0352 e. The molecule has 0 aromatic heterocycles. The van der Waals surface area contributed by atoms with Crippen LogP contribution in [0.5, 0.6) is 0 Å². The minimum atomic E-state index is 0.481. The van der Waals surface area contributed by atoms with Crippen LogP contribution < -0.4 is 0 Å². The maximum atomic E-state index is 2.50. The highest BCUT2D eigenvalue weighted by Gasteiger charge is 2.44. The first kappa shape index (κ1) is 15.1. The van der Waals surface area contributed by atoms with Crippen LogP contribution in [-0.4, -0.2) is 0 Å². The zero-order valence-corrected chi connectivity index (χ0v) is 13.4. The summed E-state index contributed by atoms with van der Waals surface area (Å²) < 4.78 is 0. The van der Waals surface area contributed by atoms with Crippen LogP contribution in [0.3, 0.4) is 0 Å². The normalized spacial score (nSPS) is 30.2. The predicted molar refractivity (Wildman–Crippen MR) is 78.0 cm³/mol. The Bertz CT molecular complexity index is 233. The molecule has 102 valence electrons. The third-order valence-electron chi connectivity index (χ3n) is 5.08. The molecule has 0 nitrogen and oxygen atoms in total. The first-order chi connectivity index (χ1) is 7.63. The summed E-state index contributed by atoms with van der Waals surface area (Å²) in [4.78, 5) is 0. The van der Waals surface area contributed by atoms with E-state index in [0.29, 0.717) is 5.41 Å². The molecule has 0 aromatic carbocycles. The van der Waals surface area contributed by atoms with Gasteiger partial charge < -0.3 is 0 Å². The van der Waals surface area contributed by atoms with Crippen LogP contribution in [0.4, 0.5) is 0 Å². The molecule has 0 spiro atoms. The number of hydrogen-bond donors (Lipinski definition) is 0. The highest BCUT2D eigenvalue weighted by molar-refractivity contribution is 4.93. The quantitative estimate of drug-likeness (QED) is 0.583. The van der Waals surface area contributed by atoms with Crippen molar-refractivity contribution in [1.82, 2.24) is 0 Å². The standard InChI is InChI=1S/C17H34/c1-11(2)15-9-16(15)14(5)13(4)12(3)10-17(6,7)8/h11-16H,9-10H2,1-8H3. The fourth-order valence-electron chi connectivity index (χ4n) is 3.67. The van der Waals surface area contributed by atoms with E-state index in [1.54, 1.807) is 0 Å². The van der Waals surface area contributed by atoms with Gasteiger partial charge in [0.05, 0.1) is 0 Å². The van der Waals surface area contributed by atoms with Crippen LogP contribution in [0, 0.1) is 40.9 Å². The summed E-state index contributed by atoms with van der Waals surface area (Å²) in [6.45, 7) is 19.3. The minimum absolute atomic E-state index is 0.481. The van der Waals surface area contributed by atoms with Gasteiger partial charge in [-0.1, -0.05) is 55.4 Å². The van der Waals surface area contributed by atoms with Gasteiger partial charge in [0.2, 0.25) is 0 Å². The first-order valence-electron chi connectivity index (χ1n) is 7.63. The molecule has 0 bridgehead atoms. The van der Waals surface area contributed by atoms with Crippen molar-refractivity contribution in [3.05, 3.63) is 0 Å².